The highest BCUT2D eigenvalue weighted by atomic mass is 32.1. The predicted octanol–water partition coefficient (Wildman–Crippen LogP) is 2.05. The molecule has 2 saturated carbocycles. The summed E-state index contributed by atoms with van der Waals surface area (Å²) >= 11 is 2.04. The lowest BCUT2D eigenvalue weighted by molar-refractivity contribution is 0.304. The highest BCUT2D eigenvalue weighted by Gasteiger charge is 2.30. The second-order valence-corrected chi connectivity index (χ2v) is 8.69. The van der Waals surface area contributed by atoms with E-state index in [1.807, 2.05) is 0 Å². The fourth-order valence-corrected chi connectivity index (χ4v) is 5.90. The zero-order valence-electron chi connectivity index (χ0n) is 12.7. The average Bonchev–Trinajstić information content (AvgIpc) is 2.84. The monoisotopic (exact) mass is 362 g/mol. The molecule has 0 aliphatic heterocycles. The fourth-order valence-electron chi connectivity index (χ4n) is 3.53. The van der Waals surface area contributed by atoms with Crippen molar-refractivity contribution < 1.29 is 0 Å². The number of aromatic nitrogens is 2. The van der Waals surface area contributed by atoms with E-state index < -0.39 is 0 Å². The molecule has 3 aromatic heterocycles. The van der Waals surface area contributed by atoms with Crippen molar-refractivity contribution in [3.05, 3.63) is 41.4 Å². The smallest absolute Gasteiger partial charge is 0.270 e. The van der Waals surface area contributed by atoms with Crippen LogP contribution in [0.15, 0.2) is 19.2 Å². The van der Waals surface area contributed by atoms with Gasteiger partial charge >= 0.3 is 0 Å². The van der Waals surface area contributed by atoms with Crippen LogP contribution in [0.5, 0.6) is 0 Å². The summed E-state index contributed by atoms with van der Waals surface area (Å²) in [5.74, 6) is 0. The Kier molecular flexibility index (Phi) is 2.94. The molecular formula is C16H14N2O4S2. The van der Waals surface area contributed by atoms with Gasteiger partial charge in [0.25, 0.3) is 22.2 Å². The van der Waals surface area contributed by atoms with E-state index in [0.29, 0.717) is 18.8 Å². The molecule has 124 valence electrons. The summed E-state index contributed by atoms with van der Waals surface area (Å²) in [7, 11) is 0. The predicted molar refractivity (Wildman–Crippen MR) is 95.2 cm³/mol. The quantitative estimate of drug-likeness (QED) is 0.699. The Balaban J connectivity index is 1.86. The van der Waals surface area contributed by atoms with Crippen molar-refractivity contribution in [3.8, 4) is 0 Å². The van der Waals surface area contributed by atoms with Crippen LogP contribution >= 0.6 is 22.7 Å². The van der Waals surface area contributed by atoms with Crippen LogP contribution in [0.4, 0.5) is 0 Å². The minimum absolute atomic E-state index is 0.0236. The number of hydrogen-bond acceptors (Lipinski definition) is 6. The van der Waals surface area contributed by atoms with Gasteiger partial charge in [0, 0.05) is 12.1 Å². The summed E-state index contributed by atoms with van der Waals surface area (Å²) in [6, 6.07) is -0.0472. The molecule has 0 spiro atoms. The Morgan fingerprint density at radius 2 is 0.875 bits per heavy atom. The van der Waals surface area contributed by atoms with Gasteiger partial charge in [-0.1, -0.05) is 0 Å². The molecule has 0 aromatic carbocycles. The van der Waals surface area contributed by atoms with Gasteiger partial charge in [-0.3, -0.25) is 28.3 Å². The fraction of sp³-hybridized carbons (Fsp3) is 0.500. The van der Waals surface area contributed by atoms with E-state index in [9.17, 15) is 19.2 Å². The maximum atomic E-state index is 12.6. The highest BCUT2D eigenvalue weighted by Crippen LogP contribution is 2.34. The van der Waals surface area contributed by atoms with Crippen molar-refractivity contribution in [2.24, 2.45) is 0 Å². The van der Waals surface area contributed by atoms with Gasteiger partial charge in [-0.15, -0.1) is 22.7 Å². The first-order valence-electron chi connectivity index (χ1n) is 8.18. The Bertz CT molecular complexity index is 1040. The van der Waals surface area contributed by atoms with Gasteiger partial charge in [0.15, 0.2) is 0 Å². The van der Waals surface area contributed by atoms with E-state index in [-0.39, 0.29) is 34.3 Å². The second-order valence-electron chi connectivity index (χ2n) is 6.65. The van der Waals surface area contributed by atoms with E-state index >= 15 is 0 Å². The molecule has 6 nitrogen and oxygen atoms in total. The Morgan fingerprint density at radius 1 is 0.583 bits per heavy atom. The van der Waals surface area contributed by atoms with Gasteiger partial charge in [-0.05, 0) is 38.5 Å². The van der Waals surface area contributed by atoms with Gasteiger partial charge < -0.3 is 0 Å². The number of hydrogen-bond donors (Lipinski definition) is 0. The molecule has 0 unspecified atom stereocenters. The molecule has 24 heavy (non-hydrogen) atoms. The van der Waals surface area contributed by atoms with E-state index in [2.05, 4.69) is 0 Å². The molecule has 2 aliphatic rings. The first-order valence-corrected chi connectivity index (χ1v) is 9.81. The molecular weight excluding hydrogens is 348 g/mol. The van der Waals surface area contributed by atoms with Crippen molar-refractivity contribution >= 4 is 41.5 Å². The summed E-state index contributed by atoms with van der Waals surface area (Å²) in [6.07, 6.45) is 5.41. The Labute approximate surface area is 142 Å². The van der Waals surface area contributed by atoms with Gasteiger partial charge in [0.2, 0.25) is 0 Å². The highest BCUT2D eigenvalue weighted by molar-refractivity contribution is 7.36. The van der Waals surface area contributed by atoms with Crippen LogP contribution < -0.4 is 22.2 Å². The number of rotatable bonds is 2. The third kappa shape index (κ3) is 1.70. The van der Waals surface area contributed by atoms with Gasteiger partial charge in [-0.2, -0.15) is 0 Å². The minimum Gasteiger partial charge on any atom is -0.270 e. The number of fused-ring (bicyclic) bond motifs is 2. The van der Waals surface area contributed by atoms with Crippen molar-refractivity contribution in [1.29, 1.82) is 0 Å². The Morgan fingerprint density at radius 3 is 1.08 bits per heavy atom. The lowest BCUT2D eigenvalue weighted by atomic mass is 9.93. The van der Waals surface area contributed by atoms with Crippen LogP contribution in [0.3, 0.4) is 0 Å². The van der Waals surface area contributed by atoms with Crippen LogP contribution in [-0.2, 0) is 0 Å². The van der Waals surface area contributed by atoms with Crippen LogP contribution in [0.2, 0.25) is 0 Å². The second kappa shape index (κ2) is 4.86. The summed E-state index contributed by atoms with van der Waals surface area (Å²) < 4.78 is 3.96. The summed E-state index contributed by atoms with van der Waals surface area (Å²) in [6.45, 7) is 0. The summed E-state index contributed by atoms with van der Waals surface area (Å²) in [5.41, 5.74) is -1.20. The standard InChI is InChI=1S/C16H14N2O4S2/c19-13-9-10(14(20)17(13)7-3-1-4-7)24-12-11(23-9)15(21)18(16(12)22)8-5-2-6-8/h7-8H,1-6H2. The van der Waals surface area contributed by atoms with Crippen molar-refractivity contribution in [1.82, 2.24) is 9.13 Å². The maximum Gasteiger partial charge on any atom is 0.272 e. The molecule has 2 fully saturated rings. The lowest BCUT2D eigenvalue weighted by Gasteiger charge is -2.25. The number of nitrogens with zero attached hydrogens (tertiary/aromatic N) is 2. The third-order valence-corrected chi connectivity index (χ3v) is 7.94. The van der Waals surface area contributed by atoms with E-state index in [4.69, 9.17) is 0 Å². The van der Waals surface area contributed by atoms with Gasteiger partial charge in [-0.25, -0.2) is 0 Å². The molecule has 5 rings (SSSR count). The molecule has 0 saturated heterocycles. The zero-order chi connectivity index (χ0) is 16.6. The van der Waals surface area contributed by atoms with E-state index in [1.165, 1.54) is 9.13 Å². The van der Waals surface area contributed by atoms with Crippen LogP contribution in [-0.4, -0.2) is 9.13 Å². The van der Waals surface area contributed by atoms with E-state index in [0.717, 1.165) is 61.2 Å². The first-order chi connectivity index (χ1) is 11.6. The van der Waals surface area contributed by atoms with Crippen molar-refractivity contribution in [2.75, 3.05) is 0 Å². The molecule has 0 atom stereocenters. The topological polar surface area (TPSA) is 78.1 Å². The summed E-state index contributed by atoms with van der Waals surface area (Å²) in [4.78, 5) is 50.5. The van der Waals surface area contributed by atoms with Crippen molar-refractivity contribution in [2.45, 2.75) is 50.6 Å². The van der Waals surface area contributed by atoms with Gasteiger partial charge in [0.1, 0.15) is 18.8 Å². The molecule has 0 bridgehead atoms. The minimum atomic E-state index is -0.300. The molecule has 0 N–H and O–H groups in total. The third-order valence-electron chi connectivity index (χ3n) is 5.35. The van der Waals surface area contributed by atoms with Gasteiger partial charge in [0.05, 0.1) is 0 Å². The lowest BCUT2D eigenvalue weighted by Crippen LogP contribution is -2.33. The largest absolute Gasteiger partial charge is 0.272 e. The molecule has 2 aliphatic carbocycles. The zero-order valence-corrected chi connectivity index (χ0v) is 14.4. The maximum absolute atomic E-state index is 12.6. The molecule has 0 amide bonds. The molecule has 3 aromatic rings. The molecule has 0 radical (unpaired) electrons. The van der Waals surface area contributed by atoms with Crippen LogP contribution in [0.25, 0.3) is 18.8 Å². The van der Waals surface area contributed by atoms with Crippen LogP contribution in [0, 0.1) is 0 Å². The van der Waals surface area contributed by atoms with E-state index in [1.54, 1.807) is 0 Å². The molecule has 8 heteroatoms. The normalized spacial score (nSPS) is 19.0. The average molecular weight is 362 g/mol. The Hall–Kier alpha value is -1.80. The first kappa shape index (κ1) is 14.5. The molecule has 3 heterocycles. The van der Waals surface area contributed by atoms with Crippen LogP contribution in [0.1, 0.15) is 50.6 Å². The van der Waals surface area contributed by atoms with Crippen molar-refractivity contribution in [3.63, 3.8) is 0 Å². The summed E-state index contributed by atoms with van der Waals surface area (Å²) in [5, 5.41) is 0. The SMILES string of the molecule is O=c1c2sc3c(=O)n(C4CCC4)c(=O)c3sc2c(=O)n1C1CCC1.